The van der Waals surface area contributed by atoms with Crippen molar-refractivity contribution >= 4 is 43.8 Å². The molecule has 0 unspecified atom stereocenters. The number of thiazole rings is 1. The number of nitrogens with one attached hydrogen (secondary N) is 1. The zero-order valence-electron chi connectivity index (χ0n) is 20.3. The van der Waals surface area contributed by atoms with Crippen LogP contribution in [0.4, 0.5) is 5.13 Å². The second-order valence-corrected chi connectivity index (χ2v) is 13.3. The van der Waals surface area contributed by atoms with Gasteiger partial charge in [0, 0.05) is 22.0 Å². The monoisotopic (exact) mass is 545 g/mol. The van der Waals surface area contributed by atoms with E-state index in [1.54, 1.807) is 31.2 Å². The molecule has 2 aliphatic heterocycles. The van der Waals surface area contributed by atoms with E-state index >= 15 is 0 Å². The van der Waals surface area contributed by atoms with Gasteiger partial charge in [-0.05, 0) is 35.7 Å². The number of nitrogens with zero attached hydrogens (tertiary/aromatic N) is 2. The molecule has 1 aromatic heterocycles. The van der Waals surface area contributed by atoms with Crippen molar-refractivity contribution in [1.29, 1.82) is 0 Å². The molecule has 0 bridgehead atoms. The number of sulfone groups is 1. The van der Waals surface area contributed by atoms with Crippen LogP contribution in [0.5, 0.6) is 5.75 Å². The summed E-state index contributed by atoms with van der Waals surface area (Å²) in [5.41, 5.74) is 2.91. The molecule has 190 valence electrons. The highest BCUT2D eigenvalue weighted by Gasteiger charge is 2.42. The maximum Gasteiger partial charge on any atom is 0.230 e. The Kier molecular flexibility index (Phi) is 6.84. The molecule has 3 heterocycles. The van der Waals surface area contributed by atoms with Crippen molar-refractivity contribution in [2.45, 2.75) is 50.7 Å². The Morgan fingerprint density at radius 2 is 2.00 bits per heavy atom. The van der Waals surface area contributed by atoms with E-state index in [1.807, 2.05) is 18.2 Å². The summed E-state index contributed by atoms with van der Waals surface area (Å²) in [6, 6.07) is 12.5. The van der Waals surface area contributed by atoms with Crippen molar-refractivity contribution in [3.05, 3.63) is 69.2 Å². The number of ether oxygens (including phenoxy) is 1. The second-order valence-electron chi connectivity index (χ2n) is 9.47. The van der Waals surface area contributed by atoms with E-state index in [9.17, 15) is 13.2 Å². The van der Waals surface area contributed by atoms with E-state index in [0.717, 1.165) is 34.0 Å². The molecule has 0 aliphatic carbocycles. The predicted octanol–water partition coefficient (Wildman–Crippen LogP) is 5.42. The van der Waals surface area contributed by atoms with E-state index in [-0.39, 0.29) is 35.1 Å². The first-order chi connectivity index (χ1) is 17.2. The van der Waals surface area contributed by atoms with Gasteiger partial charge in [0.25, 0.3) is 0 Å². The molecule has 1 amide bonds. The summed E-state index contributed by atoms with van der Waals surface area (Å²) < 4.78 is 29.9. The SMILES string of the molecule is CCS(=O)(=O)c1ccc(CC(=O)Nc2nc3c(s2)CN([C@H]2COc4cc(Cl)ccc42)[C@H]3C(C)C)cc1. The Morgan fingerprint density at radius 1 is 1.25 bits per heavy atom. The van der Waals surface area contributed by atoms with Crippen molar-refractivity contribution in [2.24, 2.45) is 5.92 Å². The maximum absolute atomic E-state index is 12.7. The molecule has 0 saturated heterocycles. The summed E-state index contributed by atoms with van der Waals surface area (Å²) in [5, 5.41) is 4.19. The maximum atomic E-state index is 12.7. The lowest BCUT2D eigenvalue weighted by Gasteiger charge is -2.32. The molecule has 0 spiro atoms. The van der Waals surface area contributed by atoms with Crippen LogP contribution in [0.2, 0.25) is 5.02 Å². The molecule has 3 aromatic rings. The van der Waals surface area contributed by atoms with Gasteiger partial charge in [0.1, 0.15) is 12.4 Å². The molecule has 0 fully saturated rings. The third-order valence-corrected chi connectivity index (χ3v) is 9.68. The number of rotatable bonds is 7. The van der Waals surface area contributed by atoms with Crippen molar-refractivity contribution in [3.63, 3.8) is 0 Å². The van der Waals surface area contributed by atoms with Crippen LogP contribution in [0.1, 0.15) is 54.6 Å². The van der Waals surface area contributed by atoms with E-state index in [0.29, 0.717) is 22.7 Å². The van der Waals surface area contributed by atoms with Crippen LogP contribution in [0, 0.1) is 5.92 Å². The fourth-order valence-corrected chi connectivity index (χ4v) is 7.03. The summed E-state index contributed by atoms with van der Waals surface area (Å²) in [7, 11) is -3.26. The molecule has 36 heavy (non-hydrogen) atoms. The fraction of sp³-hybridized carbons (Fsp3) is 0.385. The minimum atomic E-state index is -3.26. The molecule has 7 nitrogen and oxygen atoms in total. The van der Waals surface area contributed by atoms with Crippen LogP contribution in [-0.4, -0.2) is 36.6 Å². The van der Waals surface area contributed by atoms with Gasteiger partial charge in [-0.2, -0.15) is 0 Å². The number of hydrogen-bond donors (Lipinski definition) is 1. The summed E-state index contributed by atoms with van der Waals surface area (Å²) in [6.45, 7) is 7.31. The lowest BCUT2D eigenvalue weighted by atomic mass is 9.98. The first-order valence-corrected chi connectivity index (χ1v) is 14.8. The zero-order valence-corrected chi connectivity index (χ0v) is 22.7. The molecule has 5 rings (SSSR count). The number of halogens is 1. The summed E-state index contributed by atoms with van der Waals surface area (Å²) in [6.07, 6.45) is 0.148. The molecule has 2 aliphatic rings. The Hall–Kier alpha value is -2.46. The minimum Gasteiger partial charge on any atom is -0.491 e. The number of hydrogen-bond acceptors (Lipinski definition) is 7. The van der Waals surface area contributed by atoms with Crippen molar-refractivity contribution in [2.75, 3.05) is 17.7 Å². The molecular formula is C26H28ClN3O4S2. The van der Waals surface area contributed by atoms with Gasteiger partial charge in [0.05, 0.1) is 34.8 Å². The van der Waals surface area contributed by atoms with Gasteiger partial charge >= 0.3 is 0 Å². The highest BCUT2D eigenvalue weighted by atomic mass is 35.5. The molecular weight excluding hydrogens is 518 g/mol. The first-order valence-electron chi connectivity index (χ1n) is 12.0. The zero-order chi connectivity index (χ0) is 25.6. The Balaban J connectivity index is 1.28. The number of fused-ring (bicyclic) bond motifs is 2. The van der Waals surface area contributed by atoms with Gasteiger partial charge < -0.3 is 10.1 Å². The third-order valence-electron chi connectivity index (χ3n) is 6.73. The van der Waals surface area contributed by atoms with Gasteiger partial charge in [0.15, 0.2) is 15.0 Å². The fourth-order valence-electron chi connectivity index (χ4n) is 4.96. The van der Waals surface area contributed by atoms with Gasteiger partial charge in [-0.15, -0.1) is 11.3 Å². The van der Waals surface area contributed by atoms with Crippen LogP contribution in [-0.2, 0) is 27.6 Å². The third kappa shape index (κ3) is 4.77. The highest BCUT2D eigenvalue weighted by molar-refractivity contribution is 7.91. The normalized spacial score (nSPS) is 19.2. The topological polar surface area (TPSA) is 88.6 Å². The standard InChI is InChI=1S/C26H28ClN3O4S2/c1-4-36(32,33)18-8-5-16(6-9-18)11-23(31)28-26-29-24-22(35-26)13-30(25(24)15(2)3)20-14-34-21-12-17(27)7-10-19(20)21/h5-10,12,15,20,25H,4,11,13-14H2,1-3H3,(H,28,29,31)/t20-,25-/m0/s1. The van der Waals surface area contributed by atoms with E-state index in [2.05, 4.69) is 24.1 Å². The average molecular weight is 546 g/mol. The molecule has 0 radical (unpaired) electrons. The van der Waals surface area contributed by atoms with E-state index < -0.39 is 9.84 Å². The number of carbonyl (C=O) groups excluding carboxylic acids is 1. The molecule has 0 saturated carbocycles. The number of amides is 1. The molecule has 2 aromatic carbocycles. The first kappa shape index (κ1) is 25.2. The number of anilines is 1. The van der Waals surface area contributed by atoms with Crippen LogP contribution < -0.4 is 10.1 Å². The lowest BCUT2D eigenvalue weighted by molar-refractivity contribution is -0.115. The van der Waals surface area contributed by atoms with Gasteiger partial charge in [-0.1, -0.05) is 50.6 Å². The molecule has 2 atom stereocenters. The van der Waals surface area contributed by atoms with Crippen LogP contribution in [0.3, 0.4) is 0 Å². The Morgan fingerprint density at radius 3 is 2.69 bits per heavy atom. The van der Waals surface area contributed by atoms with E-state index in [4.69, 9.17) is 21.3 Å². The summed E-state index contributed by atoms with van der Waals surface area (Å²) in [5.74, 6) is 1.03. The van der Waals surface area contributed by atoms with Crippen LogP contribution in [0.25, 0.3) is 0 Å². The van der Waals surface area contributed by atoms with Crippen LogP contribution in [0.15, 0.2) is 47.4 Å². The van der Waals surface area contributed by atoms with Gasteiger partial charge in [0.2, 0.25) is 5.91 Å². The van der Waals surface area contributed by atoms with Crippen molar-refractivity contribution in [1.82, 2.24) is 9.88 Å². The largest absolute Gasteiger partial charge is 0.491 e. The quantitative estimate of drug-likeness (QED) is 0.426. The Bertz CT molecular complexity index is 1400. The van der Waals surface area contributed by atoms with Gasteiger partial charge in [-0.3, -0.25) is 9.69 Å². The molecule has 1 N–H and O–H groups in total. The average Bonchev–Trinajstić information content (AvgIpc) is 3.50. The summed E-state index contributed by atoms with van der Waals surface area (Å²) in [4.78, 5) is 21.4. The van der Waals surface area contributed by atoms with Gasteiger partial charge in [-0.25, -0.2) is 13.4 Å². The number of carbonyl (C=O) groups is 1. The van der Waals surface area contributed by atoms with E-state index in [1.165, 1.54) is 11.3 Å². The highest BCUT2D eigenvalue weighted by Crippen LogP contribution is 2.49. The Labute approximate surface area is 220 Å². The van der Waals surface area contributed by atoms with Crippen molar-refractivity contribution < 1.29 is 17.9 Å². The minimum absolute atomic E-state index is 0.0466. The lowest BCUT2D eigenvalue weighted by Crippen LogP contribution is -2.31. The smallest absolute Gasteiger partial charge is 0.230 e. The van der Waals surface area contributed by atoms with Crippen molar-refractivity contribution in [3.8, 4) is 5.75 Å². The van der Waals surface area contributed by atoms with Crippen LogP contribution >= 0.6 is 22.9 Å². The second kappa shape index (κ2) is 9.78. The number of benzene rings is 2. The molecule has 10 heteroatoms. The number of aromatic nitrogens is 1. The summed E-state index contributed by atoms with van der Waals surface area (Å²) >= 11 is 7.66. The predicted molar refractivity (Wildman–Crippen MR) is 141 cm³/mol.